The van der Waals surface area contributed by atoms with Crippen LogP contribution in [0.15, 0.2) is 65.1 Å². The van der Waals surface area contributed by atoms with Gasteiger partial charge in [-0.2, -0.15) is 0 Å². The first-order chi connectivity index (χ1) is 14.2. The van der Waals surface area contributed by atoms with Gasteiger partial charge >= 0.3 is 0 Å². The van der Waals surface area contributed by atoms with Crippen LogP contribution in [0.4, 0.5) is 5.69 Å². The van der Waals surface area contributed by atoms with Crippen LogP contribution in [0, 0.1) is 0 Å². The van der Waals surface area contributed by atoms with Crippen LogP contribution in [0.25, 0.3) is 16.2 Å². The molecule has 0 spiro atoms. The van der Waals surface area contributed by atoms with Crippen LogP contribution in [0.5, 0.6) is 0 Å². The molecule has 0 saturated carbocycles. The van der Waals surface area contributed by atoms with Crippen molar-refractivity contribution in [1.82, 2.24) is 4.98 Å². The fraction of sp³-hybridized carbons (Fsp3) is 0.136. The van der Waals surface area contributed by atoms with E-state index in [2.05, 4.69) is 49.5 Å². The molecule has 0 atom stereocenters. The number of thiazole rings is 1. The molecule has 3 aromatic rings. The van der Waals surface area contributed by atoms with Crippen LogP contribution >= 0.6 is 54.2 Å². The first kappa shape index (κ1) is 23.2. The predicted octanol–water partition coefficient (Wildman–Crippen LogP) is 7.45. The second kappa shape index (κ2) is 10.2. The molecular weight excluding hydrogens is 472 g/mol. The fourth-order valence-corrected chi connectivity index (χ4v) is 5.46. The molecule has 0 fully saturated rings. The molecule has 3 rings (SSSR count). The Kier molecular flexibility index (Phi) is 7.89. The minimum atomic E-state index is -0.104. The minimum absolute atomic E-state index is 0.104. The number of nitrogens with zero attached hydrogens (tertiary/aromatic N) is 1. The van der Waals surface area contributed by atoms with Crippen molar-refractivity contribution < 1.29 is 0 Å². The molecule has 8 heteroatoms. The number of hydrogen-bond donors (Lipinski definition) is 2. The van der Waals surface area contributed by atoms with Crippen LogP contribution in [0.2, 0.25) is 10.0 Å². The Morgan fingerprint density at radius 3 is 2.43 bits per heavy atom. The lowest BCUT2D eigenvalue weighted by molar-refractivity contribution is 1.31. The third-order valence-corrected chi connectivity index (χ3v) is 8.29. The van der Waals surface area contributed by atoms with Gasteiger partial charge in [-0.15, -0.1) is 11.3 Å². The first-order valence-corrected chi connectivity index (χ1v) is 13.7. The molecule has 0 bridgehead atoms. The van der Waals surface area contributed by atoms with Gasteiger partial charge in [0.25, 0.3) is 0 Å². The van der Waals surface area contributed by atoms with E-state index in [4.69, 9.17) is 33.9 Å². The van der Waals surface area contributed by atoms with E-state index in [0.29, 0.717) is 15.7 Å². The van der Waals surface area contributed by atoms with E-state index in [9.17, 15) is 0 Å². The van der Waals surface area contributed by atoms with E-state index in [1.54, 1.807) is 6.07 Å². The van der Waals surface area contributed by atoms with Gasteiger partial charge in [-0.25, -0.2) is 4.98 Å². The zero-order chi connectivity index (χ0) is 21.8. The van der Waals surface area contributed by atoms with Crippen molar-refractivity contribution >= 4 is 70.1 Å². The molecule has 1 aromatic heterocycles. The van der Waals surface area contributed by atoms with Gasteiger partial charge in [-0.05, 0) is 49.8 Å². The Morgan fingerprint density at radius 2 is 1.83 bits per heavy atom. The van der Waals surface area contributed by atoms with Crippen LogP contribution in [0.1, 0.15) is 11.9 Å². The third kappa shape index (κ3) is 5.81. The lowest BCUT2D eigenvalue weighted by Gasteiger charge is -2.13. The molecule has 0 aliphatic heterocycles. The van der Waals surface area contributed by atoms with Crippen molar-refractivity contribution in [2.45, 2.75) is 6.92 Å². The molecule has 0 aliphatic rings. The van der Waals surface area contributed by atoms with E-state index >= 15 is 0 Å². The van der Waals surface area contributed by atoms with Crippen LogP contribution in [-0.2, 0) is 0 Å². The molecule has 0 amide bonds. The highest BCUT2D eigenvalue weighted by molar-refractivity contribution is 8.12. The van der Waals surface area contributed by atoms with Gasteiger partial charge in [-0.3, -0.25) is 0 Å². The van der Waals surface area contributed by atoms with Gasteiger partial charge in [0.15, 0.2) is 0 Å². The van der Waals surface area contributed by atoms with Crippen molar-refractivity contribution in [3.8, 4) is 11.3 Å². The summed E-state index contributed by atoms with van der Waals surface area (Å²) in [5.41, 5.74) is 9.61. The van der Waals surface area contributed by atoms with E-state index < -0.39 is 0 Å². The fourth-order valence-electron chi connectivity index (χ4n) is 2.61. The number of nitrogens with one attached hydrogen (secondary N) is 1. The Bertz CT molecular complexity index is 1090. The summed E-state index contributed by atoms with van der Waals surface area (Å²) in [6.07, 6.45) is 0. The quantitative estimate of drug-likeness (QED) is 0.335. The summed E-state index contributed by atoms with van der Waals surface area (Å²) in [7, 11) is -0.104. The van der Waals surface area contributed by atoms with Crippen molar-refractivity contribution in [3.05, 3.63) is 80.2 Å². The number of thioether (sulfide) groups is 1. The number of allylic oxidation sites excluding steroid dienone is 1. The molecule has 30 heavy (non-hydrogen) atoms. The highest BCUT2D eigenvalue weighted by atomic mass is 35.5. The molecule has 2 aromatic carbocycles. The number of benzene rings is 2. The lowest BCUT2D eigenvalue weighted by atomic mass is 10.2. The van der Waals surface area contributed by atoms with E-state index in [1.165, 1.54) is 28.4 Å². The van der Waals surface area contributed by atoms with Crippen molar-refractivity contribution in [2.75, 3.05) is 18.6 Å². The Morgan fingerprint density at radius 1 is 1.13 bits per heavy atom. The number of hydrogen-bond acceptors (Lipinski definition) is 5. The molecule has 1 heterocycles. The Hall–Kier alpha value is -1.49. The molecule has 0 aliphatic carbocycles. The molecule has 156 valence electrons. The van der Waals surface area contributed by atoms with Crippen LogP contribution < -0.4 is 16.4 Å². The maximum atomic E-state index is 6.18. The number of nitrogens with two attached hydrogens (primary N) is 1. The van der Waals surface area contributed by atoms with Gasteiger partial charge in [0.1, 0.15) is 5.01 Å². The number of rotatable bonds is 7. The second-order valence-corrected chi connectivity index (χ2v) is 11.9. The van der Waals surface area contributed by atoms with Crippen LogP contribution in [0.3, 0.4) is 0 Å². The van der Waals surface area contributed by atoms with Crippen molar-refractivity contribution in [2.24, 2.45) is 5.73 Å². The van der Waals surface area contributed by atoms with Gasteiger partial charge in [0.2, 0.25) is 0 Å². The average Bonchev–Trinajstić information content (AvgIpc) is 3.18. The zero-order valence-corrected chi connectivity index (χ0v) is 20.9. The van der Waals surface area contributed by atoms with Gasteiger partial charge < -0.3 is 11.1 Å². The normalized spacial score (nSPS) is 12.1. The van der Waals surface area contributed by atoms with Crippen molar-refractivity contribution in [1.29, 1.82) is 0 Å². The molecule has 0 unspecified atom stereocenters. The summed E-state index contributed by atoms with van der Waals surface area (Å²) in [5.74, 6) is 0. The van der Waals surface area contributed by atoms with E-state index in [-0.39, 0.29) is 7.92 Å². The highest BCUT2D eigenvalue weighted by Crippen LogP contribution is 2.38. The topological polar surface area (TPSA) is 50.9 Å². The number of aromatic nitrogens is 1. The molecule has 0 radical (unpaired) electrons. The monoisotopic (exact) mass is 493 g/mol. The third-order valence-electron chi connectivity index (χ3n) is 4.16. The average molecular weight is 494 g/mol. The summed E-state index contributed by atoms with van der Waals surface area (Å²) in [5, 5.41) is 9.34. The SMILES string of the molecule is C=C(Nc1ccc(P(C)C)cc1)S/C(=C(\C)N)c1nc(-c2ccc(Cl)c(Cl)c2)cs1. The standard InChI is InChI=1S/C22H22Cl2N3PS2/c1-13(25)21(30-14(2)26-16-6-8-17(9-7-16)28(3)4)22-27-20(12-29-22)15-5-10-18(23)19(24)11-15/h5-12,26H,2,25H2,1,3-4H3/b21-13+. The summed E-state index contributed by atoms with van der Waals surface area (Å²) < 4.78 is 0. The highest BCUT2D eigenvalue weighted by Gasteiger charge is 2.14. The maximum Gasteiger partial charge on any atom is 0.132 e. The second-order valence-electron chi connectivity index (χ2n) is 6.77. The Labute approximate surface area is 197 Å². The van der Waals surface area contributed by atoms with Gasteiger partial charge in [-0.1, -0.05) is 67.7 Å². The lowest BCUT2D eigenvalue weighted by Crippen LogP contribution is -2.02. The smallest absolute Gasteiger partial charge is 0.132 e. The van der Waals surface area contributed by atoms with E-state index in [1.807, 2.05) is 24.4 Å². The minimum Gasteiger partial charge on any atom is -0.401 e. The maximum absolute atomic E-state index is 6.18. The van der Waals surface area contributed by atoms with E-state index in [0.717, 1.165) is 31.9 Å². The summed E-state index contributed by atoms with van der Waals surface area (Å²) >= 11 is 15.2. The zero-order valence-electron chi connectivity index (χ0n) is 16.9. The number of halogens is 2. The van der Waals surface area contributed by atoms with Crippen molar-refractivity contribution in [3.63, 3.8) is 0 Å². The molecule has 0 saturated heterocycles. The molecule has 3 nitrogen and oxygen atoms in total. The summed E-state index contributed by atoms with van der Waals surface area (Å²) in [6.45, 7) is 10.5. The Balaban J connectivity index is 1.75. The number of anilines is 1. The van der Waals surface area contributed by atoms with Gasteiger partial charge in [0, 0.05) is 22.3 Å². The van der Waals surface area contributed by atoms with Crippen LogP contribution in [-0.4, -0.2) is 18.3 Å². The molecular formula is C22H22Cl2N3PS2. The summed E-state index contributed by atoms with van der Waals surface area (Å²) in [6, 6.07) is 14.0. The predicted molar refractivity (Wildman–Crippen MR) is 140 cm³/mol. The first-order valence-electron chi connectivity index (χ1n) is 9.03. The van der Waals surface area contributed by atoms with Gasteiger partial charge in [0.05, 0.1) is 25.7 Å². The largest absolute Gasteiger partial charge is 0.401 e. The summed E-state index contributed by atoms with van der Waals surface area (Å²) in [4.78, 5) is 5.64. The molecule has 3 N–H and O–H groups in total.